The molecule has 1 aromatic carbocycles. The number of likely N-dealkylation sites (tertiary alicyclic amines) is 1. The van der Waals surface area contributed by atoms with Gasteiger partial charge in [0.25, 0.3) is 0 Å². The van der Waals surface area contributed by atoms with Crippen LogP contribution in [0, 0.1) is 0 Å². The molecule has 0 saturated carbocycles. The minimum Gasteiger partial charge on any atom is -0.335 e. The molecule has 2 aliphatic rings. The fourth-order valence-corrected chi connectivity index (χ4v) is 5.64. The number of hydrogen-bond acceptors (Lipinski definition) is 4. The molecule has 0 unspecified atom stereocenters. The molecule has 0 radical (unpaired) electrons. The van der Waals surface area contributed by atoms with E-state index >= 15 is 0 Å². The Balaban J connectivity index is 1.59. The molecule has 2 saturated heterocycles. The van der Waals surface area contributed by atoms with Crippen LogP contribution in [0.5, 0.6) is 0 Å². The van der Waals surface area contributed by atoms with Crippen LogP contribution in [0.2, 0.25) is 0 Å². The summed E-state index contributed by atoms with van der Waals surface area (Å²) in [6.07, 6.45) is 5.79. The lowest BCUT2D eigenvalue weighted by Crippen LogP contribution is -2.47. The molecule has 29 heavy (non-hydrogen) atoms. The second-order valence-corrected chi connectivity index (χ2v) is 10.3. The molecule has 2 heterocycles. The van der Waals surface area contributed by atoms with Crippen molar-refractivity contribution in [2.24, 2.45) is 0 Å². The van der Waals surface area contributed by atoms with Gasteiger partial charge in [-0.15, -0.1) is 0 Å². The highest BCUT2D eigenvalue weighted by Gasteiger charge is 2.26. The number of nitrogens with zero attached hydrogens (tertiary/aromatic N) is 2. The largest absolute Gasteiger partial charge is 0.335 e. The summed E-state index contributed by atoms with van der Waals surface area (Å²) in [6.45, 7) is 7.46. The number of rotatable bonds is 5. The monoisotopic (exact) mass is 422 g/mol. The molecule has 0 bridgehead atoms. The zero-order chi connectivity index (χ0) is 20.9. The molecular formula is C21H34N4O3S. The van der Waals surface area contributed by atoms with Crippen LogP contribution in [0.15, 0.2) is 29.2 Å². The normalized spacial score (nSPS) is 20.4. The van der Waals surface area contributed by atoms with E-state index < -0.39 is 10.0 Å². The first-order valence-electron chi connectivity index (χ1n) is 10.8. The summed E-state index contributed by atoms with van der Waals surface area (Å²) >= 11 is 0. The summed E-state index contributed by atoms with van der Waals surface area (Å²) in [6, 6.07) is 6.96. The fraction of sp³-hybridized carbons (Fsp3) is 0.667. The van der Waals surface area contributed by atoms with Gasteiger partial charge in [-0.25, -0.2) is 13.2 Å². The number of carbonyl (C=O) groups is 1. The van der Waals surface area contributed by atoms with Crippen molar-refractivity contribution in [3.05, 3.63) is 24.3 Å². The van der Waals surface area contributed by atoms with Crippen LogP contribution in [-0.2, 0) is 10.0 Å². The number of benzene rings is 1. The highest BCUT2D eigenvalue weighted by Crippen LogP contribution is 2.23. The maximum absolute atomic E-state index is 13.0. The molecule has 2 aliphatic heterocycles. The van der Waals surface area contributed by atoms with Gasteiger partial charge in [0.1, 0.15) is 0 Å². The molecule has 3 rings (SSSR count). The van der Waals surface area contributed by atoms with Crippen LogP contribution in [0.4, 0.5) is 10.5 Å². The second-order valence-electron chi connectivity index (χ2n) is 8.35. The highest BCUT2D eigenvalue weighted by atomic mass is 32.2. The van der Waals surface area contributed by atoms with Crippen molar-refractivity contribution in [1.82, 2.24) is 14.5 Å². The average Bonchev–Trinajstić information content (AvgIpc) is 2.98. The third-order valence-corrected chi connectivity index (χ3v) is 7.78. The van der Waals surface area contributed by atoms with Crippen LogP contribution >= 0.6 is 0 Å². The van der Waals surface area contributed by atoms with Crippen molar-refractivity contribution in [3.8, 4) is 0 Å². The van der Waals surface area contributed by atoms with E-state index in [9.17, 15) is 13.2 Å². The number of urea groups is 1. The van der Waals surface area contributed by atoms with Gasteiger partial charge in [-0.05, 0) is 57.7 Å². The van der Waals surface area contributed by atoms with E-state index in [0.717, 1.165) is 51.6 Å². The first-order chi connectivity index (χ1) is 13.9. The molecular weight excluding hydrogens is 388 g/mol. The third kappa shape index (κ3) is 5.93. The molecule has 0 spiro atoms. The van der Waals surface area contributed by atoms with Gasteiger partial charge in [-0.3, -0.25) is 0 Å². The average molecular weight is 423 g/mol. The second kappa shape index (κ2) is 9.91. The summed E-state index contributed by atoms with van der Waals surface area (Å²) in [4.78, 5) is 15.1. The number of amides is 2. The summed E-state index contributed by atoms with van der Waals surface area (Å²) in [5.41, 5.74) is 0.498. The van der Waals surface area contributed by atoms with Crippen molar-refractivity contribution >= 4 is 21.7 Å². The van der Waals surface area contributed by atoms with Crippen molar-refractivity contribution in [3.63, 3.8) is 0 Å². The van der Waals surface area contributed by atoms with Crippen LogP contribution in [0.25, 0.3) is 0 Å². The molecule has 7 nitrogen and oxygen atoms in total. The van der Waals surface area contributed by atoms with Crippen molar-refractivity contribution in [2.75, 3.05) is 31.5 Å². The van der Waals surface area contributed by atoms with Crippen LogP contribution < -0.4 is 10.6 Å². The first-order valence-corrected chi connectivity index (χ1v) is 12.2. The van der Waals surface area contributed by atoms with Gasteiger partial charge in [0.2, 0.25) is 10.0 Å². The summed E-state index contributed by atoms with van der Waals surface area (Å²) in [5.74, 6) is 0. The third-order valence-electron chi connectivity index (χ3n) is 5.89. The number of nitrogens with one attached hydrogen (secondary N) is 2. The van der Waals surface area contributed by atoms with Crippen molar-refractivity contribution in [1.29, 1.82) is 0 Å². The lowest BCUT2D eigenvalue weighted by atomic mass is 10.0. The van der Waals surface area contributed by atoms with E-state index in [1.165, 1.54) is 0 Å². The topological polar surface area (TPSA) is 81.8 Å². The Morgan fingerprint density at radius 2 is 1.69 bits per heavy atom. The maximum atomic E-state index is 13.0. The number of piperidine rings is 1. The standard InChI is InChI=1S/C21H34N4O3S/c1-17(2)24-14-10-18(11-15-24)22-21(26)23-19-8-7-9-20(16-19)29(27,28)25-12-5-3-4-6-13-25/h7-9,16-18H,3-6,10-15H2,1-2H3,(H2,22,23,26). The van der Waals surface area contributed by atoms with Crippen LogP contribution in [0.1, 0.15) is 52.4 Å². The summed E-state index contributed by atoms with van der Waals surface area (Å²) in [5, 5.41) is 5.82. The molecule has 0 aromatic heterocycles. The van der Waals surface area contributed by atoms with Gasteiger partial charge < -0.3 is 15.5 Å². The van der Waals surface area contributed by atoms with Gasteiger partial charge >= 0.3 is 6.03 Å². The Bertz CT molecular complexity index is 781. The van der Waals surface area contributed by atoms with E-state index in [1.54, 1.807) is 28.6 Å². The predicted octanol–water partition coefficient (Wildman–Crippen LogP) is 3.25. The zero-order valence-electron chi connectivity index (χ0n) is 17.6. The molecule has 162 valence electrons. The first kappa shape index (κ1) is 22.1. The Kier molecular flexibility index (Phi) is 7.54. The van der Waals surface area contributed by atoms with Crippen molar-refractivity contribution < 1.29 is 13.2 Å². The minimum atomic E-state index is -3.53. The fourth-order valence-electron chi connectivity index (χ4n) is 4.08. The lowest BCUT2D eigenvalue weighted by Gasteiger charge is -2.34. The van der Waals surface area contributed by atoms with Gasteiger partial charge in [0, 0.05) is 44.0 Å². The van der Waals surface area contributed by atoms with E-state index in [-0.39, 0.29) is 17.0 Å². The Morgan fingerprint density at radius 3 is 2.31 bits per heavy atom. The van der Waals surface area contributed by atoms with Crippen LogP contribution in [0.3, 0.4) is 0 Å². The molecule has 2 fully saturated rings. The predicted molar refractivity (Wildman–Crippen MR) is 116 cm³/mol. The Hall–Kier alpha value is -1.64. The number of sulfonamides is 1. The Morgan fingerprint density at radius 1 is 1.03 bits per heavy atom. The molecule has 2 N–H and O–H groups in total. The molecule has 0 aliphatic carbocycles. The van der Waals surface area contributed by atoms with E-state index in [0.29, 0.717) is 24.8 Å². The van der Waals surface area contributed by atoms with Gasteiger partial charge in [0.05, 0.1) is 4.90 Å². The number of hydrogen-bond donors (Lipinski definition) is 2. The van der Waals surface area contributed by atoms with E-state index in [4.69, 9.17) is 0 Å². The SMILES string of the molecule is CC(C)N1CCC(NC(=O)Nc2cccc(S(=O)(=O)N3CCCCCC3)c2)CC1. The molecule has 2 amide bonds. The van der Waals surface area contributed by atoms with Crippen LogP contribution in [-0.4, -0.2) is 61.9 Å². The highest BCUT2D eigenvalue weighted by molar-refractivity contribution is 7.89. The van der Waals surface area contributed by atoms with Gasteiger partial charge in [0.15, 0.2) is 0 Å². The molecule has 0 atom stereocenters. The summed E-state index contributed by atoms with van der Waals surface area (Å²) in [7, 11) is -3.53. The lowest BCUT2D eigenvalue weighted by molar-refractivity contribution is 0.163. The molecule has 8 heteroatoms. The quantitative estimate of drug-likeness (QED) is 0.763. The summed E-state index contributed by atoms with van der Waals surface area (Å²) < 4.78 is 27.5. The number of carbonyl (C=O) groups excluding carboxylic acids is 1. The van der Waals surface area contributed by atoms with Gasteiger partial charge in [-0.1, -0.05) is 18.9 Å². The maximum Gasteiger partial charge on any atom is 0.319 e. The zero-order valence-corrected chi connectivity index (χ0v) is 18.4. The smallest absolute Gasteiger partial charge is 0.319 e. The minimum absolute atomic E-state index is 0.147. The van der Waals surface area contributed by atoms with E-state index in [1.807, 2.05) is 0 Å². The Labute approximate surface area is 174 Å². The van der Waals surface area contributed by atoms with E-state index in [2.05, 4.69) is 29.4 Å². The van der Waals surface area contributed by atoms with Crippen molar-refractivity contribution in [2.45, 2.75) is 69.4 Å². The van der Waals surface area contributed by atoms with Gasteiger partial charge in [-0.2, -0.15) is 4.31 Å². The molecule has 1 aromatic rings. The number of anilines is 1.